The maximum atomic E-state index is 12.5. The van der Waals surface area contributed by atoms with Gasteiger partial charge in [-0.05, 0) is 38.1 Å². The topological polar surface area (TPSA) is 106 Å². The number of benzene rings is 1. The highest BCUT2D eigenvalue weighted by molar-refractivity contribution is 8.02. The van der Waals surface area contributed by atoms with E-state index in [-0.39, 0.29) is 17.8 Å². The van der Waals surface area contributed by atoms with E-state index in [9.17, 15) is 9.59 Å². The Kier molecular flexibility index (Phi) is 7.67. The zero-order valence-electron chi connectivity index (χ0n) is 16.2. The van der Waals surface area contributed by atoms with Gasteiger partial charge in [0.25, 0.3) is 0 Å². The van der Waals surface area contributed by atoms with E-state index in [4.69, 9.17) is 9.47 Å². The van der Waals surface area contributed by atoms with E-state index < -0.39 is 6.09 Å². The SMILES string of the molecule is CCOC(=O)Nc1nnc(SC(C)C(=O)Nc2ccc(N3CCOCC3)cc2)s1. The minimum absolute atomic E-state index is 0.135. The molecular formula is C18H23N5O4S2. The molecule has 1 saturated heterocycles. The van der Waals surface area contributed by atoms with Crippen molar-refractivity contribution in [3.8, 4) is 0 Å². The highest BCUT2D eigenvalue weighted by Crippen LogP contribution is 2.29. The zero-order valence-corrected chi connectivity index (χ0v) is 17.8. The molecule has 156 valence electrons. The molecular weight excluding hydrogens is 414 g/mol. The lowest BCUT2D eigenvalue weighted by atomic mass is 10.2. The fraction of sp³-hybridized carbons (Fsp3) is 0.444. The van der Waals surface area contributed by atoms with Gasteiger partial charge in [-0.1, -0.05) is 23.1 Å². The molecule has 1 aromatic heterocycles. The molecule has 9 nitrogen and oxygen atoms in total. The van der Waals surface area contributed by atoms with Crippen LogP contribution in [0.3, 0.4) is 0 Å². The van der Waals surface area contributed by atoms with E-state index >= 15 is 0 Å². The van der Waals surface area contributed by atoms with E-state index in [0.29, 0.717) is 9.47 Å². The lowest BCUT2D eigenvalue weighted by Gasteiger charge is -2.28. The summed E-state index contributed by atoms with van der Waals surface area (Å²) in [5.74, 6) is -0.135. The quantitative estimate of drug-likeness (QED) is 0.503. The van der Waals surface area contributed by atoms with Crippen LogP contribution in [0.2, 0.25) is 0 Å². The highest BCUT2D eigenvalue weighted by atomic mass is 32.2. The Balaban J connectivity index is 1.50. The number of hydrogen-bond acceptors (Lipinski definition) is 9. The van der Waals surface area contributed by atoms with Crippen molar-refractivity contribution >= 4 is 51.6 Å². The molecule has 0 saturated carbocycles. The second kappa shape index (κ2) is 10.4. The smallest absolute Gasteiger partial charge is 0.413 e. The number of morpholine rings is 1. The lowest BCUT2D eigenvalue weighted by molar-refractivity contribution is -0.115. The summed E-state index contributed by atoms with van der Waals surface area (Å²) >= 11 is 2.47. The molecule has 29 heavy (non-hydrogen) atoms. The highest BCUT2D eigenvalue weighted by Gasteiger charge is 2.18. The second-order valence-corrected chi connectivity index (χ2v) is 8.68. The molecule has 1 atom stereocenters. The number of rotatable bonds is 7. The van der Waals surface area contributed by atoms with Crippen molar-refractivity contribution in [1.29, 1.82) is 0 Å². The fourth-order valence-corrected chi connectivity index (χ4v) is 4.47. The normalized spacial score (nSPS) is 14.9. The van der Waals surface area contributed by atoms with Crippen LogP contribution in [-0.2, 0) is 14.3 Å². The molecule has 2 aromatic rings. The predicted octanol–water partition coefficient (Wildman–Crippen LogP) is 3.06. The Bertz CT molecular complexity index is 824. The average Bonchev–Trinajstić information content (AvgIpc) is 3.16. The van der Waals surface area contributed by atoms with Gasteiger partial charge in [0.15, 0.2) is 4.34 Å². The third-order valence-corrected chi connectivity index (χ3v) is 6.07. The molecule has 1 aliphatic heterocycles. The van der Waals surface area contributed by atoms with Crippen molar-refractivity contribution in [3.05, 3.63) is 24.3 Å². The number of aromatic nitrogens is 2. The van der Waals surface area contributed by atoms with Crippen molar-refractivity contribution in [1.82, 2.24) is 10.2 Å². The number of hydrogen-bond donors (Lipinski definition) is 2. The second-order valence-electron chi connectivity index (χ2n) is 6.11. The number of nitrogens with one attached hydrogen (secondary N) is 2. The first-order chi connectivity index (χ1) is 14.0. The Labute approximate surface area is 177 Å². The van der Waals surface area contributed by atoms with Gasteiger partial charge in [-0.15, -0.1) is 10.2 Å². The Hall–Kier alpha value is -2.37. The minimum atomic E-state index is -0.577. The van der Waals surface area contributed by atoms with Crippen LogP contribution >= 0.6 is 23.1 Å². The first-order valence-electron chi connectivity index (χ1n) is 9.22. The van der Waals surface area contributed by atoms with Gasteiger partial charge >= 0.3 is 6.09 Å². The van der Waals surface area contributed by atoms with Gasteiger partial charge in [0.1, 0.15) is 0 Å². The van der Waals surface area contributed by atoms with Crippen molar-refractivity contribution < 1.29 is 19.1 Å². The molecule has 2 amide bonds. The predicted molar refractivity (Wildman–Crippen MR) is 114 cm³/mol. The standard InChI is InChI=1S/C18H23N5O4S2/c1-3-27-17(25)20-16-21-22-18(29-16)28-12(2)15(24)19-13-4-6-14(7-5-13)23-8-10-26-11-9-23/h4-7,12H,3,8-11H2,1-2H3,(H,19,24)(H,20,21,25). The first kappa shape index (κ1) is 21.3. The zero-order chi connectivity index (χ0) is 20.6. The minimum Gasteiger partial charge on any atom is -0.450 e. The van der Waals surface area contributed by atoms with E-state index in [1.54, 1.807) is 13.8 Å². The van der Waals surface area contributed by atoms with Crippen LogP contribution in [0, 0.1) is 0 Å². The summed E-state index contributed by atoms with van der Waals surface area (Å²) in [6.07, 6.45) is -0.577. The van der Waals surface area contributed by atoms with Crippen LogP contribution in [0.15, 0.2) is 28.6 Å². The number of anilines is 3. The molecule has 1 unspecified atom stereocenters. The van der Waals surface area contributed by atoms with Gasteiger partial charge in [0.05, 0.1) is 25.1 Å². The maximum Gasteiger partial charge on any atom is 0.413 e. The number of thioether (sulfide) groups is 1. The van der Waals surface area contributed by atoms with Crippen LogP contribution < -0.4 is 15.5 Å². The third kappa shape index (κ3) is 6.31. The van der Waals surface area contributed by atoms with Gasteiger partial charge in [-0.25, -0.2) is 4.79 Å². The number of nitrogens with zero attached hydrogens (tertiary/aromatic N) is 3. The molecule has 0 aliphatic carbocycles. The molecule has 0 bridgehead atoms. The van der Waals surface area contributed by atoms with Gasteiger partial charge in [-0.3, -0.25) is 10.1 Å². The number of carbonyl (C=O) groups is 2. The summed E-state index contributed by atoms with van der Waals surface area (Å²) in [5, 5.41) is 13.2. The van der Waals surface area contributed by atoms with Gasteiger partial charge in [0.2, 0.25) is 11.0 Å². The number of amides is 2. The van der Waals surface area contributed by atoms with Crippen molar-refractivity contribution in [2.45, 2.75) is 23.4 Å². The maximum absolute atomic E-state index is 12.5. The molecule has 2 N–H and O–H groups in total. The van der Waals surface area contributed by atoms with Gasteiger partial charge < -0.3 is 19.7 Å². The van der Waals surface area contributed by atoms with Crippen LogP contribution in [0.4, 0.5) is 21.3 Å². The summed E-state index contributed by atoms with van der Waals surface area (Å²) in [6, 6.07) is 7.78. The molecule has 1 fully saturated rings. The number of carbonyl (C=O) groups excluding carboxylic acids is 2. The van der Waals surface area contributed by atoms with E-state index in [0.717, 1.165) is 37.7 Å². The molecule has 0 spiro atoms. The lowest BCUT2D eigenvalue weighted by Crippen LogP contribution is -2.36. The van der Waals surface area contributed by atoms with Crippen LogP contribution in [-0.4, -0.2) is 60.4 Å². The van der Waals surface area contributed by atoms with Gasteiger partial charge in [-0.2, -0.15) is 0 Å². The molecule has 11 heteroatoms. The van der Waals surface area contributed by atoms with Crippen LogP contribution in [0.1, 0.15) is 13.8 Å². The summed E-state index contributed by atoms with van der Waals surface area (Å²) in [7, 11) is 0. The first-order valence-corrected chi connectivity index (χ1v) is 10.9. The van der Waals surface area contributed by atoms with Crippen molar-refractivity contribution in [2.75, 3.05) is 48.4 Å². The number of ether oxygens (including phenoxy) is 2. The molecule has 1 aliphatic rings. The molecule has 1 aromatic carbocycles. The van der Waals surface area contributed by atoms with Crippen LogP contribution in [0.5, 0.6) is 0 Å². The third-order valence-electron chi connectivity index (χ3n) is 4.05. The molecule has 3 rings (SSSR count). The van der Waals surface area contributed by atoms with Gasteiger partial charge in [0, 0.05) is 24.5 Å². The molecule has 0 radical (unpaired) electrons. The Morgan fingerprint density at radius 1 is 1.24 bits per heavy atom. The molecule has 2 heterocycles. The monoisotopic (exact) mass is 437 g/mol. The van der Waals surface area contributed by atoms with Crippen LogP contribution in [0.25, 0.3) is 0 Å². The summed E-state index contributed by atoms with van der Waals surface area (Å²) in [4.78, 5) is 26.1. The Morgan fingerprint density at radius 3 is 2.66 bits per heavy atom. The Morgan fingerprint density at radius 2 is 1.97 bits per heavy atom. The van der Waals surface area contributed by atoms with E-state index in [1.807, 2.05) is 24.3 Å². The average molecular weight is 438 g/mol. The summed E-state index contributed by atoms with van der Waals surface area (Å²) in [5.41, 5.74) is 1.85. The summed E-state index contributed by atoms with van der Waals surface area (Å²) in [6.45, 7) is 6.99. The van der Waals surface area contributed by atoms with Crippen molar-refractivity contribution in [3.63, 3.8) is 0 Å². The van der Waals surface area contributed by atoms with E-state index in [1.165, 1.54) is 23.1 Å². The van der Waals surface area contributed by atoms with Crippen molar-refractivity contribution in [2.24, 2.45) is 0 Å². The fourth-order valence-electron chi connectivity index (χ4n) is 2.59. The summed E-state index contributed by atoms with van der Waals surface area (Å²) < 4.78 is 10.7. The largest absolute Gasteiger partial charge is 0.450 e. The van der Waals surface area contributed by atoms with E-state index in [2.05, 4.69) is 25.7 Å².